The van der Waals surface area contributed by atoms with Gasteiger partial charge in [0.25, 0.3) is 0 Å². The molecule has 5 nitrogen and oxygen atoms in total. The molecule has 1 saturated heterocycles. The largest absolute Gasteiger partial charge is 0.501 e. The van der Waals surface area contributed by atoms with Gasteiger partial charge < -0.3 is 23.1 Å². The molecule has 1 aliphatic rings. The molecule has 0 aromatic rings. The van der Waals surface area contributed by atoms with Crippen LogP contribution in [0.1, 0.15) is 54.4 Å². The minimum absolute atomic E-state index is 0.0399. The van der Waals surface area contributed by atoms with Crippen LogP contribution in [0.3, 0.4) is 0 Å². The fraction of sp³-hybridized carbons (Fsp3) is 1.00. The summed E-state index contributed by atoms with van der Waals surface area (Å²) in [5, 5.41) is 10.1. The van der Waals surface area contributed by atoms with E-state index in [1.54, 1.807) is 0 Å². The van der Waals surface area contributed by atoms with Gasteiger partial charge in [-0.15, -0.1) is 0 Å². The van der Waals surface area contributed by atoms with E-state index in [4.69, 9.17) is 18.0 Å². The van der Waals surface area contributed by atoms with E-state index < -0.39 is 8.80 Å². The molecule has 0 radical (unpaired) electrons. The summed E-state index contributed by atoms with van der Waals surface area (Å²) in [4.78, 5) is 0. The van der Waals surface area contributed by atoms with Crippen molar-refractivity contribution in [2.75, 3.05) is 6.61 Å². The van der Waals surface area contributed by atoms with Crippen LogP contribution in [0.2, 0.25) is 6.04 Å². The fourth-order valence-corrected chi connectivity index (χ4v) is 5.67. The zero-order valence-electron chi connectivity index (χ0n) is 14.3. The summed E-state index contributed by atoms with van der Waals surface area (Å²) in [6, 6.07) is 0.634. The topological polar surface area (TPSA) is 60.5 Å². The van der Waals surface area contributed by atoms with Crippen LogP contribution >= 0.6 is 0 Å². The van der Waals surface area contributed by atoms with Gasteiger partial charge in [-0.1, -0.05) is 0 Å². The van der Waals surface area contributed by atoms with E-state index in [1.165, 1.54) is 0 Å². The molecule has 2 unspecified atom stereocenters. The third-order valence-electron chi connectivity index (χ3n) is 2.97. The molecule has 21 heavy (non-hydrogen) atoms. The highest BCUT2D eigenvalue weighted by Crippen LogP contribution is 2.26. The second kappa shape index (κ2) is 8.60. The van der Waals surface area contributed by atoms with Gasteiger partial charge in [-0.05, 0) is 48.0 Å². The first-order chi connectivity index (χ1) is 9.72. The van der Waals surface area contributed by atoms with Crippen molar-refractivity contribution < 1.29 is 23.1 Å². The molecule has 0 spiro atoms. The number of aliphatic hydroxyl groups excluding tert-OH is 1. The lowest BCUT2D eigenvalue weighted by Crippen LogP contribution is -2.51. The van der Waals surface area contributed by atoms with Crippen LogP contribution < -0.4 is 0 Å². The van der Waals surface area contributed by atoms with Gasteiger partial charge in [0.2, 0.25) is 0 Å². The van der Waals surface area contributed by atoms with Gasteiger partial charge in [-0.3, -0.25) is 0 Å². The zero-order chi connectivity index (χ0) is 16.0. The highest BCUT2D eigenvalue weighted by molar-refractivity contribution is 6.60. The SMILES string of the molecule is CC(C)O[Si](CCC(O)CC1CO1)(OC(C)C)OC(C)C. The first kappa shape index (κ1) is 19.1. The van der Waals surface area contributed by atoms with Gasteiger partial charge in [-0.25, -0.2) is 0 Å². The second-order valence-electron chi connectivity index (χ2n) is 6.57. The Morgan fingerprint density at radius 1 is 1.00 bits per heavy atom. The number of ether oxygens (including phenoxy) is 1. The molecular weight excluding hydrogens is 288 g/mol. The monoisotopic (exact) mass is 320 g/mol. The van der Waals surface area contributed by atoms with Gasteiger partial charge in [-0.2, -0.15) is 0 Å². The van der Waals surface area contributed by atoms with Crippen molar-refractivity contribution in [2.24, 2.45) is 0 Å². The predicted octanol–water partition coefficient (Wildman–Crippen LogP) is 2.74. The number of epoxide rings is 1. The Balaban J connectivity index is 2.64. The van der Waals surface area contributed by atoms with Gasteiger partial charge in [0.15, 0.2) is 0 Å². The maximum Gasteiger partial charge on any atom is 0.501 e. The Morgan fingerprint density at radius 2 is 1.43 bits per heavy atom. The van der Waals surface area contributed by atoms with E-state index in [0.29, 0.717) is 18.9 Å². The summed E-state index contributed by atoms with van der Waals surface area (Å²) in [7, 11) is -2.78. The smallest absolute Gasteiger partial charge is 0.393 e. The summed E-state index contributed by atoms with van der Waals surface area (Å²) in [5.74, 6) is 0. The van der Waals surface area contributed by atoms with Gasteiger partial charge in [0.05, 0.1) is 18.8 Å². The molecule has 126 valence electrons. The molecule has 0 saturated carbocycles. The molecule has 0 amide bonds. The average Bonchev–Trinajstić information content (AvgIpc) is 3.07. The second-order valence-corrected chi connectivity index (χ2v) is 9.14. The summed E-state index contributed by atoms with van der Waals surface area (Å²) >= 11 is 0. The third kappa shape index (κ3) is 8.28. The van der Waals surface area contributed by atoms with Crippen molar-refractivity contribution in [1.82, 2.24) is 0 Å². The van der Waals surface area contributed by atoms with E-state index in [2.05, 4.69) is 0 Å². The van der Waals surface area contributed by atoms with Crippen LogP contribution in [0.4, 0.5) is 0 Å². The van der Waals surface area contributed by atoms with E-state index in [1.807, 2.05) is 41.5 Å². The van der Waals surface area contributed by atoms with Gasteiger partial charge in [0, 0.05) is 30.8 Å². The van der Waals surface area contributed by atoms with Crippen molar-refractivity contribution in [3.63, 3.8) is 0 Å². The van der Waals surface area contributed by atoms with Crippen molar-refractivity contribution in [3.8, 4) is 0 Å². The number of aliphatic hydroxyl groups is 1. The highest BCUT2D eigenvalue weighted by atomic mass is 28.4. The Labute approximate surface area is 130 Å². The number of hydrogen-bond donors (Lipinski definition) is 1. The average molecular weight is 321 g/mol. The van der Waals surface area contributed by atoms with E-state index in [-0.39, 0.29) is 30.5 Å². The van der Waals surface area contributed by atoms with Crippen LogP contribution in [-0.4, -0.2) is 51.0 Å². The first-order valence-electron chi connectivity index (χ1n) is 8.05. The molecule has 0 aromatic heterocycles. The maximum absolute atomic E-state index is 10.1. The molecule has 1 N–H and O–H groups in total. The Kier molecular flexibility index (Phi) is 7.81. The van der Waals surface area contributed by atoms with E-state index in [0.717, 1.165) is 6.61 Å². The van der Waals surface area contributed by atoms with Crippen LogP contribution in [-0.2, 0) is 18.0 Å². The summed E-state index contributed by atoms with van der Waals surface area (Å²) in [6.45, 7) is 12.7. The van der Waals surface area contributed by atoms with E-state index >= 15 is 0 Å². The quantitative estimate of drug-likeness (QED) is 0.468. The fourth-order valence-electron chi connectivity index (χ4n) is 2.31. The minimum atomic E-state index is -2.78. The highest BCUT2D eigenvalue weighted by Gasteiger charge is 2.44. The van der Waals surface area contributed by atoms with Crippen molar-refractivity contribution >= 4 is 8.80 Å². The van der Waals surface area contributed by atoms with Gasteiger partial charge >= 0.3 is 8.80 Å². The molecule has 6 heteroatoms. The molecule has 2 atom stereocenters. The normalized spacial score (nSPS) is 20.6. The number of hydrogen-bond acceptors (Lipinski definition) is 5. The van der Waals surface area contributed by atoms with Crippen LogP contribution in [0, 0.1) is 0 Å². The Bertz CT molecular complexity index is 265. The lowest BCUT2D eigenvalue weighted by molar-refractivity contribution is -0.0000662. The van der Waals surface area contributed by atoms with Crippen molar-refractivity contribution in [2.45, 2.75) is 90.9 Å². The van der Waals surface area contributed by atoms with Crippen LogP contribution in [0.15, 0.2) is 0 Å². The zero-order valence-corrected chi connectivity index (χ0v) is 15.3. The van der Waals surface area contributed by atoms with Crippen LogP contribution in [0.25, 0.3) is 0 Å². The Hall–Kier alpha value is 0.0169. The number of rotatable bonds is 11. The first-order valence-corrected chi connectivity index (χ1v) is 9.98. The molecule has 1 heterocycles. The lowest BCUT2D eigenvalue weighted by atomic mass is 10.2. The predicted molar refractivity (Wildman–Crippen MR) is 84.2 cm³/mol. The standard InChI is InChI=1S/C15H32O5Si/c1-11(2)18-21(19-12(3)4,20-13(5)6)8-7-14(16)9-15-10-17-15/h11-16H,7-10H2,1-6H3. The molecule has 0 aliphatic carbocycles. The molecule has 1 rings (SSSR count). The maximum atomic E-state index is 10.1. The molecular formula is C15H32O5Si. The Morgan fingerprint density at radius 3 is 1.76 bits per heavy atom. The van der Waals surface area contributed by atoms with Crippen molar-refractivity contribution in [1.29, 1.82) is 0 Å². The minimum Gasteiger partial charge on any atom is -0.393 e. The summed E-state index contributed by atoms with van der Waals surface area (Å²) < 4.78 is 23.4. The lowest BCUT2D eigenvalue weighted by Gasteiger charge is -2.35. The van der Waals surface area contributed by atoms with Gasteiger partial charge in [0.1, 0.15) is 0 Å². The molecule has 1 fully saturated rings. The van der Waals surface area contributed by atoms with Crippen LogP contribution in [0.5, 0.6) is 0 Å². The third-order valence-corrected chi connectivity index (χ3v) is 6.36. The van der Waals surface area contributed by atoms with E-state index in [9.17, 15) is 5.11 Å². The summed E-state index contributed by atoms with van der Waals surface area (Å²) in [6.07, 6.45) is 1.29. The van der Waals surface area contributed by atoms with Crippen molar-refractivity contribution in [3.05, 3.63) is 0 Å². The summed E-state index contributed by atoms with van der Waals surface area (Å²) in [5.41, 5.74) is 0. The molecule has 0 bridgehead atoms. The molecule has 0 aromatic carbocycles. The molecule has 1 aliphatic heterocycles.